The highest BCUT2D eigenvalue weighted by Crippen LogP contribution is 2.48. The first-order valence-electron chi connectivity index (χ1n) is 17.5. The van der Waals surface area contributed by atoms with Crippen molar-refractivity contribution in [3.05, 3.63) is 170 Å². The predicted molar refractivity (Wildman–Crippen MR) is 190 cm³/mol. The van der Waals surface area contributed by atoms with Gasteiger partial charge in [0.15, 0.2) is 0 Å². The summed E-state index contributed by atoms with van der Waals surface area (Å²) in [5, 5.41) is 6.39. The lowest BCUT2D eigenvalue weighted by molar-refractivity contribution is 0.669. The van der Waals surface area contributed by atoms with E-state index in [-0.39, 0.29) is 29.7 Å². The van der Waals surface area contributed by atoms with Crippen LogP contribution >= 0.6 is 0 Å². The van der Waals surface area contributed by atoms with Gasteiger partial charge in [-0.3, -0.25) is 0 Å². The largest absolute Gasteiger partial charge is 0.456 e. The predicted octanol–water partition coefficient (Wildman–Crippen LogP) is 12.6. The number of furan rings is 1. The smallest absolute Gasteiger partial charge is 0.136 e. The van der Waals surface area contributed by atoms with E-state index in [1.165, 1.54) is 0 Å². The third-order valence-electron chi connectivity index (χ3n) is 8.75. The molecular formula is C44H28O. The van der Waals surface area contributed by atoms with Crippen molar-refractivity contribution in [2.75, 3.05) is 0 Å². The first-order chi connectivity index (χ1) is 24.4. The van der Waals surface area contributed by atoms with Crippen LogP contribution in [-0.2, 0) is 0 Å². The first-order valence-corrected chi connectivity index (χ1v) is 15.0. The molecule has 0 bridgehead atoms. The molecule has 0 atom stereocenters. The molecule has 0 aliphatic heterocycles. The fraction of sp³-hybridized carbons (Fsp3) is 0. The molecule has 45 heavy (non-hydrogen) atoms. The van der Waals surface area contributed by atoms with E-state index in [0.29, 0.717) is 5.56 Å². The molecule has 210 valence electrons. The average molecular weight is 578 g/mol. The van der Waals surface area contributed by atoms with Gasteiger partial charge in [-0.2, -0.15) is 0 Å². The maximum atomic E-state index is 8.63. The zero-order chi connectivity index (χ0) is 34.1. The Bertz CT molecular complexity index is 2730. The second-order valence-corrected chi connectivity index (χ2v) is 11.2. The van der Waals surface area contributed by atoms with Crippen LogP contribution in [0.2, 0.25) is 0 Å². The molecule has 0 aliphatic rings. The van der Waals surface area contributed by atoms with Crippen LogP contribution < -0.4 is 0 Å². The molecule has 0 N–H and O–H groups in total. The van der Waals surface area contributed by atoms with Crippen molar-refractivity contribution >= 4 is 43.5 Å². The fourth-order valence-electron chi connectivity index (χ4n) is 6.89. The molecule has 0 fully saturated rings. The number of fused-ring (bicyclic) bond motifs is 5. The third kappa shape index (κ3) is 4.09. The van der Waals surface area contributed by atoms with Crippen LogP contribution in [0.5, 0.6) is 0 Å². The quantitative estimate of drug-likeness (QED) is 0.190. The molecule has 0 saturated carbocycles. The Morgan fingerprint density at radius 2 is 0.889 bits per heavy atom. The van der Waals surface area contributed by atoms with E-state index in [1.54, 1.807) is 0 Å². The van der Waals surface area contributed by atoms with E-state index in [0.717, 1.165) is 76.9 Å². The molecule has 0 radical (unpaired) electrons. The van der Waals surface area contributed by atoms with Crippen LogP contribution in [-0.4, -0.2) is 0 Å². The van der Waals surface area contributed by atoms with Gasteiger partial charge in [-0.05, 0) is 84.3 Å². The molecule has 0 unspecified atom stereocenters. The molecule has 9 aromatic rings. The average Bonchev–Trinajstić information content (AvgIpc) is 3.55. The van der Waals surface area contributed by atoms with Gasteiger partial charge in [0.2, 0.25) is 0 Å². The summed E-state index contributed by atoms with van der Waals surface area (Å²) in [5.41, 5.74) is 8.76. The van der Waals surface area contributed by atoms with Gasteiger partial charge in [-0.1, -0.05) is 152 Å². The van der Waals surface area contributed by atoms with Gasteiger partial charge in [0.05, 0.1) is 6.85 Å². The zero-order valence-corrected chi connectivity index (χ0v) is 24.2. The lowest BCUT2D eigenvalue weighted by atomic mass is 9.84. The Morgan fingerprint density at radius 1 is 0.378 bits per heavy atom. The fourth-order valence-corrected chi connectivity index (χ4v) is 6.89. The lowest BCUT2D eigenvalue weighted by Gasteiger charge is -2.19. The normalized spacial score (nSPS) is 13.1. The minimum atomic E-state index is -0.399. The summed E-state index contributed by atoms with van der Waals surface area (Å²) in [4.78, 5) is 0. The summed E-state index contributed by atoms with van der Waals surface area (Å²) in [5.74, 6) is 0. The van der Waals surface area contributed by atoms with Crippen molar-refractivity contribution in [2.45, 2.75) is 0 Å². The Kier molecular flexibility index (Phi) is 4.81. The monoisotopic (exact) mass is 577 g/mol. The van der Waals surface area contributed by atoms with E-state index < -0.39 is 6.04 Å². The van der Waals surface area contributed by atoms with Crippen molar-refractivity contribution in [1.29, 1.82) is 0 Å². The molecule has 1 heterocycles. The summed E-state index contributed by atoms with van der Waals surface area (Å²) >= 11 is 0. The molecule has 9 rings (SSSR count). The van der Waals surface area contributed by atoms with Crippen LogP contribution in [0.25, 0.3) is 88.0 Å². The Balaban J connectivity index is 1.36. The maximum Gasteiger partial charge on any atom is 0.136 e. The van der Waals surface area contributed by atoms with Crippen molar-refractivity contribution in [1.82, 2.24) is 0 Å². The maximum absolute atomic E-state index is 8.63. The van der Waals surface area contributed by atoms with Crippen LogP contribution in [0, 0.1) is 0 Å². The van der Waals surface area contributed by atoms with Gasteiger partial charge in [-0.25, -0.2) is 0 Å². The third-order valence-corrected chi connectivity index (χ3v) is 8.75. The van der Waals surface area contributed by atoms with Crippen LogP contribution in [0.1, 0.15) is 6.85 Å². The van der Waals surface area contributed by atoms with Crippen molar-refractivity contribution in [2.24, 2.45) is 0 Å². The second-order valence-electron chi connectivity index (χ2n) is 11.2. The highest BCUT2D eigenvalue weighted by atomic mass is 16.3. The van der Waals surface area contributed by atoms with Gasteiger partial charge < -0.3 is 4.42 Å². The number of hydrogen-bond donors (Lipinski definition) is 0. The van der Waals surface area contributed by atoms with E-state index >= 15 is 0 Å². The van der Waals surface area contributed by atoms with Crippen LogP contribution in [0.3, 0.4) is 0 Å². The summed E-state index contributed by atoms with van der Waals surface area (Å²) in [6.07, 6.45) is 0. The SMILES string of the molecule is [2H]c1c([2H])c([2H])c(-c2cccc(-c3c4ccccc4c(-c4cccc5oc6cccc(-c7ccccc7)c6c45)c4ccccc34)c2)c([2H])c1[2H]. The Hall–Kier alpha value is -5.92. The molecule has 0 aliphatic carbocycles. The number of benzene rings is 8. The Labute approximate surface area is 268 Å². The van der Waals surface area contributed by atoms with Crippen LogP contribution in [0.15, 0.2) is 174 Å². The topological polar surface area (TPSA) is 13.1 Å². The molecule has 1 nitrogen and oxygen atoms in total. The van der Waals surface area contributed by atoms with Gasteiger partial charge in [0, 0.05) is 10.8 Å². The highest BCUT2D eigenvalue weighted by molar-refractivity contribution is 6.27. The van der Waals surface area contributed by atoms with E-state index in [2.05, 4.69) is 78.9 Å². The van der Waals surface area contributed by atoms with E-state index in [9.17, 15) is 0 Å². The number of rotatable bonds is 4. The first kappa shape index (κ1) is 20.9. The molecule has 1 aromatic heterocycles. The summed E-state index contributed by atoms with van der Waals surface area (Å²) in [6, 6.07) is 45.9. The van der Waals surface area contributed by atoms with E-state index in [1.807, 2.05) is 60.7 Å². The lowest BCUT2D eigenvalue weighted by Crippen LogP contribution is -1.92. The van der Waals surface area contributed by atoms with Gasteiger partial charge in [0.1, 0.15) is 11.2 Å². The zero-order valence-electron chi connectivity index (χ0n) is 29.2. The van der Waals surface area contributed by atoms with Gasteiger partial charge in [0.25, 0.3) is 0 Å². The summed E-state index contributed by atoms with van der Waals surface area (Å²) in [7, 11) is 0. The molecule has 0 spiro atoms. The van der Waals surface area contributed by atoms with E-state index in [4.69, 9.17) is 11.3 Å². The minimum absolute atomic E-state index is 0.191. The molecule has 8 aromatic carbocycles. The minimum Gasteiger partial charge on any atom is -0.456 e. The summed E-state index contributed by atoms with van der Waals surface area (Å²) in [6.45, 7) is 0. The molecular weight excluding hydrogens is 544 g/mol. The Morgan fingerprint density at radius 3 is 1.56 bits per heavy atom. The molecule has 0 amide bonds. The van der Waals surface area contributed by atoms with Gasteiger partial charge >= 0.3 is 0 Å². The number of hydrogen-bond acceptors (Lipinski definition) is 1. The molecule has 0 saturated heterocycles. The van der Waals surface area contributed by atoms with Crippen LogP contribution in [0.4, 0.5) is 0 Å². The highest BCUT2D eigenvalue weighted by Gasteiger charge is 2.21. The van der Waals surface area contributed by atoms with Crippen molar-refractivity contribution in [3.63, 3.8) is 0 Å². The standard InChI is InChI=1S/C44H28O/c1-3-14-29(15-4-1)31-18-11-19-32(28-31)41-34-20-7-9-22-36(34)42(37-23-10-8-21-35(37)41)38-25-13-27-40-44(38)43-33(24-12-26-39(43)45-40)30-16-5-2-6-17-30/h1-28H/i1D,3D,4D,14D,15D. The van der Waals surface area contributed by atoms with Crippen molar-refractivity contribution < 1.29 is 11.3 Å². The van der Waals surface area contributed by atoms with Crippen molar-refractivity contribution in [3.8, 4) is 44.5 Å². The molecule has 1 heteroatoms. The summed E-state index contributed by atoms with van der Waals surface area (Å²) < 4.78 is 48.4. The van der Waals surface area contributed by atoms with Gasteiger partial charge in [-0.15, -0.1) is 0 Å². The second kappa shape index (κ2) is 10.4.